The summed E-state index contributed by atoms with van der Waals surface area (Å²) in [6, 6.07) is 8.79. The maximum Gasteiger partial charge on any atom is 0.137 e. The van der Waals surface area contributed by atoms with Crippen molar-refractivity contribution in [2.75, 3.05) is 0 Å². The number of rotatable bonds is 0. The number of hydrogen-bond donors (Lipinski definition) is 8. The Hall–Kier alpha value is -3.76. The highest BCUT2D eigenvalue weighted by Gasteiger charge is 2.31. The molecule has 42 heavy (non-hydrogen) atoms. The van der Waals surface area contributed by atoms with Gasteiger partial charge in [-0.3, -0.25) is 0 Å². The van der Waals surface area contributed by atoms with Crippen molar-refractivity contribution in [1.29, 1.82) is 0 Å². The third-order valence-electron chi connectivity index (χ3n) is 8.63. The Bertz CT molecular complexity index is 1530. The van der Waals surface area contributed by atoms with E-state index < -0.39 is 23.7 Å². The molecule has 8 nitrogen and oxygen atoms in total. The van der Waals surface area contributed by atoms with Crippen molar-refractivity contribution in [3.8, 4) is 46.0 Å². The Labute approximate surface area is 259 Å². The summed E-state index contributed by atoms with van der Waals surface area (Å²) in [5.41, 5.74) is 2.91. The van der Waals surface area contributed by atoms with Gasteiger partial charge in [-0.05, 0) is 56.1 Å². The van der Waals surface area contributed by atoms with E-state index in [1.165, 1.54) is 12.1 Å². The second-order valence-corrected chi connectivity index (χ2v) is 12.5. The quantitative estimate of drug-likeness (QED) is 0.0922. The first kappa shape index (κ1) is 29.7. The summed E-state index contributed by atoms with van der Waals surface area (Å²) in [6.07, 6.45) is 0. The van der Waals surface area contributed by atoms with Gasteiger partial charge in [0.25, 0.3) is 0 Å². The first-order valence-electron chi connectivity index (χ1n) is 13.2. The highest BCUT2D eigenvalue weighted by molar-refractivity contribution is 9.11. The predicted molar refractivity (Wildman–Crippen MR) is 165 cm³/mol. The molecule has 4 atom stereocenters. The van der Waals surface area contributed by atoms with Gasteiger partial charge in [0, 0.05) is 80.3 Å². The van der Waals surface area contributed by atoms with Gasteiger partial charge in [-0.25, -0.2) is 0 Å². The molecule has 0 fully saturated rings. The molecule has 0 radical (unpaired) electrons. The summed E-state index contributed by atoms with van der Waals surface area (Å²) in [5.74, 6) is -4.44. The molecule has 0 amide bonds. The summed E-state index contributed by atoms with van der Waals surface area (Å²) >= 11 is 6.57. The molecule has 0 saturated heterocycles. The summed E-state index contributed by atoms with van der Waals surface area (Å²) < 4.78 is 0.0615. The molecule has 4 aromatic rings. The summed E-state index contributed by atoms with van der Waals surface area (Å²) in [7, 11) is 0. The monoisotopic (exact) mass is 700 g/mol. The second-order valence-electron chi connectivity index (χ2n) is 11.0. The van der Waals surface area contributed by atoms with Crippen LogP contribution in [0.3, 0.4) is 0 Å². The van der Waals surface area contributed by atoms with Crippen LogP contribution in [0.25, 0.3) is 0 Å². The van der Waals surface area contributed by atoms with E-state index in [-0.39, 0.29) is 54.9 Å². The molecule has 4 aromatic carbocycles. The predicted octanol–water partition coefficient (Wildman–Crippen LogP) is 7.78. The van der Waals surface area contributed by atoms with Crippen LogP contribution in [0.1, 0.15) is 95.9 Å². The lowest BCUT2D eigenvalue weighted by atomic mass is 9.81. The summed E-state index contributed by atoms with van der Waals surface area (Å²) in [5, 5.41) is 87.9. The van der Waals surface area contributed by atoms with E-state index in [2.05, 4.69) is 31.9 Å². The van der Waals surface area contributed by atoms with Crippen molar-refractivity contribution in [3.63, 3.8) is 0 Å². The minimum Gasteiger partial charge on any atom is -0.508 e. The molecule has 0 unspecified atom stereocenters. The first-order valence-corrected chi connectivity index (χ1v) is 14.8. The molecule has 0 heterocycles. The van der Waals surface area contributed by atoms with E-state index in [0.29, 0.717) is 44.5 Å². The Morgan fingerprint density at radius 1 is 0.357 bits per heavy atom. The minimum atomic E-state index is -0.646. The Morgan fingerprint density at radius 3 is 0.762 bits per heavy atom. The van der Waals surface area contributed by atoms with E-state index in [9.17, 15) is 40.9 Å². The number of halogens is 2. The van der Waals surface area contributed by atoms with Gasteiger partial charge < -0.3 is 40.9 Å². The maximum atomic E-state index is 11.1. The molecule has 220 valence electrons. The van der Waals surface area contributed by atoms with Crippen LogP contribution in [0.4, 0.5) is 0 Å². The Morgan fingerprint density at radius 2 is 0.548 bits per heavy atom. The van der Waals surface area contributed by atoms with Crippen molar-refractivity contribution in [2.45, 2.75) is 51.4 Å². The van der Waals surface area contributed by atoms with Crippen LogP contribution in [-0.2, 0) is 0 Å². The van der Waals surface area contributed by atoms with E-state index in [0.717, 1.165) is 0 Å². The van der Waals surface area contributed by atoms with Gasteiger partial charge in [0.05, 0.1) is 0 Å². The molecular formula is C32H30Br2O8. The van der Waals surface area contributed by atoms with Crippen LogP contribution < -0.4 is 0 Å². The van der Waals surface area contributed by atoms with Gasteiger partial charge in [0.1, 0.15) is 54.9 Å². The lowest BCUT2D eigenvalue weighted by Gasteiger charge is -2.26. The number of hydrogen-bond acceptors (Lipinski definition) is 8. The summed E-state index contributed by atoms with van der Waals surface area (Å²) in [6.45, 7) is 7.00. The van der Waals surface area contributed by atoms with Gasteiger partial charge in [0.2, 0.25) is 0 Å². The number of phenols is 8. The summed E-state index contributed by atoms with van der Waals surface area (Å²) in [4.78, 5) is 0. The minimum absolute atomic E-state index is 0.0308. The second kappa shape index (κ2) is 10.5. The highest BCUT2D eigenvalue weighted by atomic mass is 79.9. The number of benzene rings is 4. The van der Waals surface area contributed by atoms with Crippen LogP contribution in [0, 0.1) is 0 Å². The largest absolute Gasteiger partial charge is 0.508 e. The molecule has 5 rings (SSSR count). The lowest BCUT2D eigenvalue weighted by Crippen LogP contribution is -2.08. The molecule has 0 saturated carbocycles. The van der Waals surface area contributed by atoms with E-state index >= 15 is 0 Å². The van der Waals surface area contributed by atoms with Crippen LogP contribution in [-0.4, -0.2) is 40.9 Å². The maximum absolute atomic E-state index is 11.1. The number of phenolic OH excluding ortho intramolecular Hbond substituents is 8. The fourth-order valence-corrected chi connectivity index (χ4v) is 6.86. The van der Waals surface area contributed by atoms with Crippen LogP contribution >= 0.6 is 31.9 Å². The van der Waals surface area contributed by atoms with Gasteiger partial charge in [-0.2, -0.15) is 0 Å². The normalized spacial score (nSPS) is 20.0. The average molecular weight is 702 g/mol. The van der Waals surface area contributed by atoms with Gasteiger partial charge in [-0.1, -0.05) is 27.7 Å². The average Bonchev–Trinajstić information content (AvgIpc) is 2.93. The third-order valence-corrected chi connectivity index (χ3v) is 10.1. The molecular weight excluding hydrogens is 672 g/mol. The van der Waals surface area contributed by atoms with Crippen molar-refractivity contribution in [2.24, 2.45) is 0 Å². The van der Waals surface area contributed by atoms with E-state index in [4.69, 9.17) is 0 Å². The zero-order chi connectivity index (χ0) is 30.9. The fourth-order valence-electron chi connectivity index (χ4n) is 5.94. The zero-order valence-corrected chi connectivity index (χ0v) is 26.3. The Kier molecular flexibility index (Phi) is 7.43. The van der Waals surface area contributed by atoms with Crippen molar-refractivity contribution < 1.29 is 40.9 Å². The molecule has 8 bridgehead atoms. The number of fused-ring (bicyclic) bond motifs is 8. The molecule has 0 aliphatic heterocycles. The lowest BCUT2D eigenvalue weighted by molar-refractivity contribution is 0.426. The zero-order valence-electron chi connectivity index (χ0n) is 23.1. The molecule has 10 heteroatoms. The van der Waals surface area contributed by atoms with Crippen LogP contribution in [0.2, 0.25) is 0 Å². The smallest absolute Gasteiger partial charge is 0.137 e. The standard InChI is InChI=1S/C32H30Br2O8/c1-11-15-5-16(24(36)9-23(15)35)12(2)21-8-22(32(42)28(34)31(21)41)14(4)18-6-17(25(37)10-26(18)38)13(3)20-7-19(11)29(39)27(33)30(20)40/h5-14,35-42H,1-4H3/t11-,12+,13+,14-. The molecule has 8 N–H and O–H groups in total. The molecule has 0 aromatic heterocycles. The van der Waals surface area contributed by atoms with Gasteiger partial charge in [-0.15, -0.1) is 0 Å². The highest BCUT2D eigenvalue weighted by Crippen LogP contribution is 2.52. The topological polar surface area (TPSA) is 162 Å². The molecule has 0 spiro atoms. The number of aromatic hydroxyl groups is 8. The van der Waals surface area contributed by atoms with Gasteiger partial charge in [0.15, 0.2) is 0 Å². The molecule has 1 aliphatic carbocycles. The van der Waals surface area contributed by atoms with Gasteiger partial charge >= 0.3 is 0 Å². The van der Waals surface area contributed by atoms with E-state index in [1.807, 2.05) is 0 Å². The fraction of sp³-hybridized carbons (Fsp3) is 0.250. The molecule has 1 aliphatic rings. The van der Waals surface area contributed by atoms with E-state index in [1.54, 1.807) is 52.0 Å². The van der Waals surface area contributed by atoms with Crippen molar-refractivity contribution in [3.05, 3.63) is 89.9 Å². The van der Waals surface area contributed by atoms with Crippen LogP contribution in [0.15, 0.2) is 45.3 Å². The first-order chi connectivity index (χ1) is 19.6. The van der Waals surface area contributed by atoms with Crippen molar-refractivity contribution in [1.82, 2.24) is 0 Å². The Balaban J connectivity index is 1.92. The van der Waals surface area contributed by atoms with Crippen molar-refractivity contribution >= 4 is 31.9 Å². The SMILES string of the molecule is C[C@@H]1c2cc(c(O)cc2O)[C@H](C)c2cc(c(O)c(Br)c2O)[C@H](C)c2cc(c(O)cc2O)[C@H](C)c2cc1c(O)c(Br)c2O. The van der Waals surface area contributed by atoms with Crippen LogP contribution in [0.5, 0.6) is 46.0 Å². The third kappa shape index (κ3) is 4.48.